The van der Waals surface area contributed by atoms with Crippen molar-refractivity contribution in [1.29, 1.82) is 0 Å². The predicted molar refractivity (Wildman–Crippen MR) is 35.8 cm³/mol. The minimum Gasteiger partial charge on any atom is -0.269 e. The molecule has 10 heavy (non-hydrogen) atoms. The number of carbonyl (C=O) groups is 2. The summed E-state index contributed by atoms with van der Waals surface area (Å²) in [5.74, 6) is -0.550. The number of carbonyl (C=O) groups excluding carboxylic acids is 2. The molecule has 0 aromatic carbocycles. The van der Waals surface area contributed by atoms with Gasteiger partial charge in [0.25, 0.3) is 11.8 Å². The van der Waals surface area contributed by atoms with Crippen molar-refractivity contribution in [3.05, 3.63) is 24.4 Å². The molecule has 0 aromatic rings. The monoisotopic (exact) mass is 137 g/mol. The third kappa shape index (κ3) is 0.978. The van der Waals surface area contributed by atoms with Crippen molar-refractivity contribution in [3.8, 4) is 0 Å². The van der Waals surface area contributed by atoms with Crippen LogP contribution in [0.25, 0.3) is 0 Å². The average Bonchev–Trinajstić information content (AvgIpc) is 2.20. The first-order chi connectivity index (χ1) is 4.75. The van der Waals surface area contributed by atoms with Crippen LogP contribution in [0.5, 0.6) is 0 Å². The quantitative estimate of drug-likeness (QED) is 0.492. The number of hydrogen-bond acceptors (Lipinski definition) is 2. The number of imide groups is 1. The molecule has 3 heteroatoms. The summed E-state index contributed by atoms with van der Waals surface area (Å²) in [6, 6.07) is 0. The Morgan fingerprint density at radius 3 is 2.20 bits per heavy atom. The van der Waals surface area contributed by atoms with E-state index in [1.165, 1.54) is 18.4 Å². The molecule has 0 aromatic heterocycles. The van der Waals surface area contributed by atoms with Gasteiger partial charge in [0.2, 0.25) is 0 Å². The van der Waals surface area contributed by atoms with Crippen LogP contribution in [0, 0.1) is 0 Å². The topological polar surface area (TPSA) is 37.4 Å². The van der Waals surface area contributed by atoms with Gasteiger partial charge in [0.15, 0.2) is 0 Å². The third-order valence-corrected chi connectivity index (χ3v) is 1.14. The molecule has 0 unspecified atom stereocenters. The Morgan fingerprint density at radius 2 is 1.80 bits per heavy atom. The molecule has 0 saturated heterocycles. The minimum atomic E-state index is -0.275. The van der Waals surface area contributed by atoms with Crippen molar-refractivity contribution in [2.24, 2.45) is 0 Å². The number of rotatable bonds is 1. The highest BCUT2D eigenvalue weighted by molar-refractivity contribution is 6.13. The van der Waals surface area contributed by atoms with E-state index in [1.807, 2.05) is 0 Å². The molecule has 0 radical (unpaired) electrons. The van der Waals surface area contributed by atoms with E-state index in [9.17, 15) is 9.59 Å². The molecule has 1 heterocycles. The molecule has 0 fully saturated rings. The first-order valence-electron chi connectivity index (χ1n) is 2.94. The van der Waals surface area contributed by atoms with Gasteiger partial charge in [-0.1, -0.05) is 6.08 Å². The van der Waals surface area contributed by atoms with Crippen molar-refractivity contribution >= 4 is 11.8 Å². The fourth-order valence-electron chi connectivity index (χ4n) is 0.708. The first-order valence-corrected chi connectivity index (χ1v) is 2.94. The lowest BCUT2D eigenvalue weighted by Crippen LogP contribution is -2.23. The zero-order valence-corrected chi connectivity index (χ0v) is 5.57. The smallest absolute Gasteiger partial charge is 0.257 e. The lowest BCUT2D eigenvalue weighted by Gasteiger charge is -2.04. The summed E-state index contributed by atoms with van der Waals surface area (Å²) in [4.78, 5) is 22.5. The van der Waals surface area contributed by atoms with Crippen LogP contribution in [-0.2, 0) is 9.59 Å². The predicted octanol–water partition coefficient (Wildman–Crippen LogP) is 0.445. The molecule has 0 atom stereocenters. The van der Waals surface area contributed by atoms with Crippen molar-refractivity contribution in [3.63, 3.8) is 0 Å². The van der Waals surface area contributed by atoms with Gasteiger partial charge in [-0.3, -0.25) is 14.5 Å². The molecular weight excluding hydrogens is 130 g/mol. The molecule has 1 aliphatic heterocycles. The van der Waals surface area contributed by atoms with Gasteiger partial charge >= 0.3 is 0 Å². The molecule has 3 nitrogen and oxygen atoms in total. The summed E-state index contributed by atoms with van der Waals surface area (Å²) in [6.45, 7) is 1.75. The van der Waals surface area contributed by atoms with E-state index in [1.54, 1.807) is 13.0 Å². The Hall–Kier alpha value is -1.38. The normalized spacial score (nSPS) is 17.9. The zero-order chi connectivity index (χ0) is 7.56. The molecule has 0 spiro atoms. The number of nitrogens with zero attached hydrogens (tertiary/aromatic N) is 1. The van der Waals surface area contributed by atoms with Gasteiger partial charge in [-0.05, 0) is 6.92 Å². The molecule has 52 valence electrons. The fraction of sp³-hybridized carbons (Fsp3) is 0.143. The fourth-order valence-corrected chi connectivity index (χ4v) is 0.708. The van der Waals surface area contributed by atoms with Gasteiger partial charge in [0.05, 0.1) is 0 Å². The number of amides is 2. The SMILES string of the molecule is CC=CN1C(=O)C=CC1=O. The van der Waals surface area contributed by atoms with Gasteiger partial charge in [-0.25, -0.2) is 0 Å². The maximum atomic E-state index is 10.7. The van der Waals surface area contributed by atoms with Gasteiger partial charge in [-0.15, -0.1) is 0 Å². The Kier molecular flexibility index (Phi) is 1.67. The van der Waals surface area contributed by atoms with E-state index >= 15 is 0 Å². The minimum absolute atomic E-state index is 0.275. The van der Waals surface area contributed by atoms with Crippen LogP contribution in [0.2, 0.25) is 0 Å². The molecule has 0 aliphatic carbocycles. The molecule has 2 amide bonds. The lowest BCUT2D eigenvalue weighted by atomic mass is 10.6. The van der Waals surface area contributed by atoms with Gasteiger partial charge in [-0.2, -0.15) is 0 Å². The van der Waals surface area contributed by atoms with Gasteiger partial charge in [0, 0.05) is 18.4 Å². The maximum absolute atomic E-state index is 10.7. The molecule has 0 saturated carbocycles. The van der Waals surface area contributed by atoms with E-state index in [4.69, 9.17) is 0 Å². The second-order valence-electron chi connectivity index (χ2n) is 1.86. The van der Waals surface area contributed by atoms with Crippen LogP contribution in [0.3, 0.4) is 0 Å². The summed E-state index contributed by atoms with van der Waals surface area (Å²) >= 11 is 0. The summed E-state index contributed by atoms with van der Waals surface area (Å²) in [6.07, 6.45) is 5.60. The van der Waals surface area contributed by atoms with Gasteiger partial charge in [0.1, 0.15) is 0 Å². The Morgan fingerprint density at radius 1 is 1.30 bits per heavy atom. The highest BCUT2D eigenvalue weighted by atomic mass is 16.2. The Balaban J connectivity index is 2.79. The Labute approximate surface area is 58.6 Å². The standard InChI is InChI=1S/C7H7NO2/c1-2-5-8-6(9)3-4-7(8)10/h2-5H,1H3. The van der Waals surface area contributed by atoms with Gasteiger partial charge < -0.3 is 0 Å². The summed E-state index contributed by atoms with van der Waals surface area (Å²) in [5.41, 5.74) is 0. The van der Waals surface area contributed by atoms with Crippen molar-refractivity contribution in [2.45, 2.75) is 6.92 Å². The third-order valence-electron chi connectivity index (χ3n) is 1.14. The van der Waals surface area contributed by atoms with Crippen LogP contribution in [0.4, 0.5) is 0 Å². The average molecular weight is 137 g/mol. The van der Waals surface area contributed by atoms with Crippen molar-refractivity contribution in [1.82, 2.24) is 4.90 Å². The molecule has 1 rings (SSSR count). The number of allylic oxidation sites excluding steroid dienone is 1. The second-order valence-corrected chi connectivity index (χ2v) is 1.86. The Bertz CT molecular complexity index is 210. The van der Waals surface area contributed by atoms with Crippen LogP contribution in [0.1, 0.15) is 6.92 Å². The van der Waals surface area contributed by atoms with E-state index in [0.29, 0.717) is 0 Å². The van der Waals surface area contributed by atoms with E-state index in [-0.39, 0.29) is 11.8 Å². The van der Waals surface area contributed by atoms with Crippen molar-refractivity contribution < 1.29 is 9.59 Å². The van der Waals surface area contributed by atoms with Crippen LogP contribution in [-0.4, -0.2) is 16.7 Å². The van der Waals surface area contributed by atoms with E-state index in [0.717, 1.165) is 4.90 Å². The second kappa shape index (κ2) is 2.47. The lowest BCUT2D eigenvalue weighted by molar-refractivity contribution is -0.133. The van der Waals surface area contributed by atoms with E-state index < -0.39 is 0 Å². The summed E-state index contributed by atoms with van der Waals surface area (Å²) in [7, 11) is 0. The highest BCUT2D eigenvalue weighted by Crippen LogP contribution is 2.02. The highest BCUT2D eigenvalue weighted by Gasteiger charge is 2.19. The van der Waals surface area contributed by atoms with Crippen molar-refractivity contribution in [2.75, 3.05) is 0 Å². The van der Waals surface area contributed by atoms with Crippen LogP contribution < -0.4 is 0 Å². The first kappa shape index (κ1) is 6.74. The van der Waals surface area contributed by atoms with E-state index in [2.05, 4.69) is 0 Å². The van der Waals surface area contributed by atoms with Crippen LogP contribution in [0.15, 0.2) is 24.4 Å². The van der Waals surface area contributed by atoms with Crippen LogP contribution >= 0.6 is 0 Å². The maximum Gasteiger partial charge on any atom is 0.257 e. The number of hydrogen-bond donors (Lipinski definition) is 0. The molecule has 0 N–H and O–H groups in total. The zero-order valence-electron chi connectivity index (χ0n) is 5.57. The largest absolute Gasteiger partial charge is 0.269 e. The summed E-state index contributed by atoms with van der Waals surface area (Å²) in [5, 5.41) is 0. The molecular formula is C7H7NO2. The summed E-state index contributed by atoms with van der Waals surface area (Å²) < 4.78 is 0. The molecule has 0 bridgehead atoms. The molecule has 1 aliphatic rings.